The Labute approximate surface area is 172 Å². The minimum Gasteiger partial charge on any atom is -0.493 e. The molecule has 0 atom stereocenters. The zero-order chi connectivity index (χ0) is 20.7. The fraction of sp³-hybridized carbons (Fsp3) is 0.217. The number of aryl methyl sites for hydroxylation is 2. The number of ether oxygens (including phenoxy) is 1. The van der Waals surface area contributed by atoms with Crippen LogP contribution in [0.4, 0.5) is 4.39 Å². The van der Waals surface area contributed by atoms with Crippen LogP contribution < -0.4 is 4.74 Å². The summed E-state index contributed by atoms with van der Waals surface area (Å²) in [7, 11) is 0. The van der Waals surface area contributed by atoms with E-state index in [4.69, 9.17) is 10.00 Å². The second-order valence-electron chi connectivity index (χ2n) is 7.36. The second kappa shape index (κ2) is 7.23. The van der Waals surface area contributed by atoms with Gasteiger partial charge in [0.15, 0.2) is 5.65 Å². The second-order valence-corrected chi connectivity index (χ2v) is 7.36. The molecule has 30 heavy (non-hydrogen) atoms. The third kappa shape index (κ3) is 2.98. The molecule has 1 aliphatic rings. The van der Waals surface area contributed by atoms with Crippen LogP contribution in [0.1, 0.15) is 28.1 Å². The summed E-state index contributed by atoms with van der Waals surface area (Å²) < 4.78 is 21.9. The fourth-order valence-corrected chi connectivity index (χ4v) is 4.10. The molecule has 5 rings (SSSR count). The highest BCUT2D eigenvalue weighted by Crippen LogP contribution is 2.31. The highest BCUT2D eigenvalue weighted by atomic mass is 19.1. The van der Waals surface area contributed by atoms with Crippen LogP contribution in [0, 0.1) is 24.1 Å². The van der Waals surface area contributed by atoms with Gasteiger partial charge in [-0.3, -0.25) is 4.40 Å². The van der Waals surface area contributed by atoms with Gasteiger partial charge in [-0.2, -0.15) is 5.26 Å². The number of halogens is 1. The lowest BCUT2D eigenvalue weighted by atomic mass is 9.99. The first-order chi connectivity index (χ1) is 14.7. The number of hydrogen-bond donors (Lipinski definition) is 0. The van der Waals surface area contributed by atoms with Gasteiger partial charge in [-0.15, -0.1) is 10.2 Å². The predicted octanol–water partition coefficient (Wildman–Crippen LogP) is 3.83. The van der Waals surface area contributed by atoms with Crippen LogP contribution >= 0.6 is 0 Å². The topological polar surface area (TPSA) is 76.1 Å². The number of benzene rings is 2. The highest BCUT2D eigenvalue weighted by Gasteiger charge is 2.20. The molecule has 6 nitrogen and oxygen atoms in total. The molecule has 3 heterocycles. The van der Waals surface area contributed by atoms with Crippen molar-refractivity contribution >= 4 is 5.65 Å². The molecule has 2 aromatic heterocycles. The average molecular weight is 399 g/mol. The molecule has 0 aliphatic carbocycles. The first-order valence-electron chi connectivity index (χ1n) is 9.77. The maximum absolute atomic E-state index is 14.5. The summed E-state index contributed by atoms with van der Waals surface area (Å²) >= 11 is 0. The Hall–Kier alpha value is -3.79. The molecule has 0 saturated heterocycles. The summed E-state index contributed by atoms with van der Waals surface area (Å²) in [6, 6.07) is 10.9. The van der Waals surface area contributed by atoms with Crippen molar-refractivity contribution < 1.29 is 9.13 Å². The minimum absolute atomic E-state index is 0.205. The Morgan fingerprint density at radius 2 is 2.10 bits per heavy atom. The van der Waals surface area contributed by atoms with Gasteiger partial charge in [-0.1, -0.05) is 6.07 Å². The Morgan fingerprint density at radius 1 is 1.20 bits per heavy atom. The van der Waals surface area contributed by atoms with Gasteiger partial charge >= 0.3 is 0 Å². The minimum atomic E-state index is -0.205. The van der Waals surface area contributed by atoms with Gasteiger partial charge < -0.3 is 4.74 Å². The van der Waals surface area contributed by atoms with Gasteiger partial charge in [-0.05, 0) is 54.3 Å². The third-order valence-corrected chi connectivity index (χ3v) is 5.59. The van der Waals surface area contributed by atoms with Gasteiger partial charge in [0, 0.05) is 30.2 Å². The van der Waals surface area contributed by atoms with E-state index in [1.165, 1.54) is 6.07 Å². The predicted molar refractivity (Wildman–Crippen MR) is 109 cm³/mol. The molecular formula is C23H18FN5O. The molecule has 0 fully saturated rings. The highest BCUT2D eigenvalue weighted by molar-refractivity contribution is 5.79. The van der Waals surface area contributed by atoms with Crippen molar-refractivity contribution in [3.8, 4) is 22.9 Å². The van der Waals surface area contributed by atoms with E-state index in [0.29, 0.717) is 36.2 Å². The number of rotatable bonds is 4. The van der Waals surface area contributed by atoms with E-state index in [1.807, 2.05) is 23.5 Å². The molecule has 0 N–H and O–H groups in total. The SMILES string of the molecule is Cc1cc(C#N)ccc1-c1cnc(CCc2c(F)ccc3c2CCO3)n2cnnc12. The van der Waals surface area contributed by atoms with Gasteiger partial charge in [-0.25, -0.2) is 9.37 Å². The van der Waals surface area contributed by atoms with E-state index in [0.717, 1.165) is 40.2 Å². The molecule has 0 spiro atoms. The lowest BCUT2D eigenvalue weighted by molar-refractivity contribution is 0.356. The lowest BCUT2D eigenvalue weighted by Gasteiger charge is -2.12. The van der Waals surface area contributed by atoms with Crippen molar-refractivity contribution in [2.75, 3.05) is 6.61 Å². The van der Waals surface area contributed by atoms with Crippen LogP contribution in [-0.4, -0.2) is 26.2 Å². The maximum atomic E-state index is 14.5. The summed E-state index contributed by atoms with van der Waals surface area (Å²) in [5, 5.41) is 17.5. The first-order valence-corrected chi connectivity index (χ1v) is 9.77. The molecule has 2 aromatic carbocycles. The van der Waals surface area contributed by atoms with Gasteiger partial charge in [0.05, 0.1) is 18.2 Å². The summed E-state index contributed by atoms with van der Waals surface area (Å²) in [6.07, 6.45) is 5.22. The zero-order valence-corrected chi connectivity index (χ0v) is 16.4. The Kier molecular flexibility index (Phi) is 4.40. The van der Waals surface area contributed by atoms with Crippen molar-refractivity contribution in [2.45, 2.75) is 26.2 Å². The normalized spacial score (nSPS) is 12.6. The Balaban J connectivity index is 1.50. The van der Waals surface area contributed by atoms with Gasteiger partial charge in [0.1, 0.15) is 23.7 Å². The molecule has 0 bridgehead atoms. The van der Waals surface area contributed by atoms with Crippen molar-refractivity contribution in [1.29, 1.82) is 5.26 Å². The lowest BCUT2D eigenvalue weighted by Crippen LogP contribution is -2.06. The molecule has 0 saturated carbocycles. The van der Waals surface area contributed by atoms with Crippen LogP contribution in [0.5, 0.6) is 5.75 Å². The molecular weight excluding hydrogens is 381 g/mol. The summed E-state index contributed by atoms with van der Waals surface area (Å²) in [6.45, 7) is 2.55. The molecule has 4 aromatic rings. The molecule has 0 amide bonds. The standard InChI is InChI=1S/C23H18FN5O/c1-14-10-15(11-25)2-3-16(14)19-12-26-22(29-13-27-28-23(19)29)7-4-17-18-8-9-30-21(18)6-5-20(17)24/h2-3,5-6,10,12-13H,4,7-9H2,1H3. The van der Waals surface area contributed by atoms with Crippen LogP contribution in [-0.2, 0) is 19.3 Å². The molecule has 7 heteroatoms. The van der Waals surface area contributed by atoms with E-state index in [2.05, 4.69) is 21.3 Å². The maximum Gasteiger partial charge on any atom is 0.171 e. The Morgan fingerprint density at radius 3 is 2.93 bits per heavy atom. The number of aromatic nitrogens is 4. The van der Waals surface area contributed by atoms with Crippen LogP contribution in [0.15, 0.2) is 42.9 Å². The monoisotopic (exact) mass is 399 g/mol. The third-order valence-electron chi connectivity index (χ3n) is 5.59. The summed E-state index contributed by atoms with van der Waals surface area (Å²) in [5.41, 5.74) is 5.72. The van der Waals surface area contributed by atoms with Crippen molar-refractivity contribution in [3.05, 3.63) is 76.8 Å². The smallest absolute Gasteiger partial charge is 0.171 e. The number of nitrogens with zero attached hydrogens (tertiary/aromatic N) is 5. The largest absolute Gasteiger partial charge is 0.493 e. The summed E-state index contributed by atoms with van der Waals surface area (Å²) in [4.78, 5) is 4.64. The Bertz CT molecular complexity index is 1320. The molecule has 0 radical (unpaired) electrons. The molecule has 0 unspecified atom stereocenters. The number of nitriles is 1. The zero-order valence-electron chi connectivity index (χ0n) is 16.4. The van der Waals surface area contributed by atoms with Crippen molar-refractivity contribution in [2.24, 2.45) is 0 Å². The van der Waals surface area contributed by atoms with Crippen LogP contribution in [0.3, 0.4) is 0 Å². The van der Waals surface area contributed by atoms with E-state index in [9.17, 15) is 4.39 Å². The van der Waals surface area contributed by atoms with Crippen molar-refractivity contribution in [1.82, 2.24) is 19.6 Å². The van der Waals surface area contributed by atoms with E-state index in [-0.39, 0.29) is 5.82 Å². The summed E-state index contributed by atoms with van der Waals surface area (Å²) in [5.74, 6) is 1.34. The fourth-order valence-electron chi connectivity index (χ4n) is 4.10. The van der Waals surface area contributed by atoms with E-state index < -0.39 is 0 Å². The van der Waals surface area contributed by atoms with E-state index in [1.54, 1.807) is 24.7 Å². The first kappa shape index (κ1) is 18.3. The van der Waals surface area contributed by atoms with Crippen molar-refractivity contribution in [3.63, 3.8) is 0 Å². The molecule has 1 aliphatic heterocycles. The quantitative estimate of drug-likeness (QED) is 0.521. The van der Waals surface area contributed by atoms with Gasteiger partial charge in [0.25, 0.3) is 0 Å². The van der Waals surface area contributed by atoms with Crippen LogP contribution in [0.25, 0.3) is 16.8 Å². The van der Waals surface area contributed by atoms with Gasteiger partial charge in [0.2, 0.25) is 0 Å². The number of fused-ring (bicyclic) bond motifs is 2. The average Bonchev–Trinajstić information content (AvgIpc) is 3.43. The molecule has 148 valence electrons. The van der Waals surface area contributed by atoms with E-state index >= 15 is 0 Å². The van der Waals surface area contributed by atoms with Crippen LogP contribution in [0.2, 0.25) is 0 Å². The number of hydrogen-bond acceptors (Lipinski definition) is 5.